The van der Waals surface area contributed by atoms with Crippen molar-refractivity contribution in [1.29, 1.82) is 0 Å². The Balaban J connectivity index is 1.65. The van der Waals surface area contributed by atoms with E-state index in [1.165, 1.54) is 0 Å². The monoisotopic (exact) mass is 490 g/mol. The van der Waals surface area contributed by atoms with Crippen molar-refractivity contribution in [2.75, 3.05) is 11.1 Å². The van der Waals surface area contributed by atoms with Crippen molar-refractivity contribution in [2.24, 2.45) is 0 Å². The maximum atomic E-state index is 11.5. The van der Waals surface area contributed by atoms with Crippen molar-refractivity contribution < 1.29 is 34.5 Å². The first kappa shape index (κ1) is 24.0. The van der Waals surface area contributed by atoms with Gasteiger partial charge in [-0.25, -0.2) is 4.79 Å². The van der Waals surface area contributed by atoms with E-state index < -0.39 is 36.6 Å². The van der Waals surface area contributed by atoms with E-state index in [0.717, 1.165) is 32.9 Å². The van der Waals surface area contributed by atoms with Crippen molar-refractivity contribution in [3.8, 4) is 11.3 Å². The van der Waals surface area contributed by atoms with Gasteiger partial charge in [0.25, 0.3) is 0 Å². The molecule has 0 spiro atoms. The predicted octanol–water partition coefficient (Wildman–Crippen LogP) is 1.85. The van der Waals surface area contributed by atoms with Gasteiger partial charge in [-0.3, -0.25) is 0 Å². The number of aliphatic carboxylic acids is 1. The molecule has 1 aromatic heterocycles. The third-order valence-corrected chi connectivity index (χ3v) is 6.68. The van der Waals surface area contributed by atoms with E-state index in [2.05, 4.69) is 9.88 Å². The number of rotatable bonds is 5. The fourth-order valence-electron chi connectivity index (χ4n) is 4.93. The van der Waals surface area contributed by atoms with Crippen LogP contribution in [0.25, 0.3) is 32.9 Å². The number of aliphatic hydroxyl groups is 3. The summed E-state index contributed by atoms with van der Waals surface area (Å²) in [6.45, 7) is 2.71. The predicted molar refractivity (Wildman–Crippen MR) is 135 cm³/mol. The first-order valence-corrected chi connectivity index (χ1v) is 11.7. The van der Waals surface area contributed by atoms with E-state index in [0.29, 0.717) is 17.9 Å². The zero-order valence-corrected chi connectivity index (χ0v) is 19.6. The number of carboxylic acids is 1. The average molecular weight is 491 g/mol. The Kier molecular flexibility index (Phi) is 6.23. The van der Waals surface area contributed by atoms with Crippen LogP contribution in [-0.4, -0.2) is 57.0 Å². The van der Waals surface area contributed by atoms with Crippen LogP contribution in [0.15, 0.2) is 66.7 Å². The molecule has 5 atom stereocenters. The number of nitrogens with one attached hydrogen (secondary N) is 1. The van der Waals surface area contributed by atoms with Crippen LogP contribution in [0.3, 0.4) is 0 Å². The zero-order valence-electron chi connectivity index (χ0n) is 19.6. The molecule has 3 aromatic carbocycles. The van der Waals surface area contributed by atoms with E-state index in [-0.39, 0.29) is 0 Å². The second-order valence-corrected chi connectivity index (χ2v) is 8.93. The number of nitrogens with zero attached hydrogens (tertiary/aromatic N) is 1. The fourth-order valence-corrected chi connectivity index (χ4v) is 4.93. The Labute approximate surface area is 207 Å². The molecule has 0 aliphatic carbocycles. The van der Waals surface area contributed by atoms with Gasteiger partial charge in [0.05, 0.1) is 10.8 Å². The highest BCUT2D eigenvalue weighted by atomic mass is 16.6. The summed E-state index contributed by atoms with van der Waals surface area (Å²) in [6.07, 6.45) is -7.89. The first-order chi connectivity index (χ1) is 17.3. The van der Waals surface area contributed by atoms with Gasteiger partial charge in [0, 0.05) is 28.4 Å². The summed E-state index contributed by atoms with van der Waals surface area (Å²) in [5, 5.41) is 45.9. The summed E-state index contributed by atoms with van der Waals surface area (Å²) in [5.74, 6) is -1.43. The molecule has 7 N–H and O–H groups in total. The Morgan fingerprint density at radius 2 is 1.67 bits per heavy atom. The van der Waals surface area contributed by atoms with Gasteiger partial charge in [-0.05, 0) is 43.3 Å². The van der Waals surface area contributed by atoms with E-state index in [4.69, 9.17) is 10.5 Å². The molecule has 2 heterocycles. The second kappa shape index (κ2) is 9.36. The quantitative estimate of drug-likeness (QED) is 0.141. The molecule has 0 amide bonds. The Bertz CT molecular complexity index is 1440. The summed E-state index contributed by atoms with van der Waals surface area (Å²) in [6, 6.07) is 21.5. The van der Waals surface area contributed by atoms with Gasteiger partial charge in [0.1, 0.15) is 24.9 Å². The van der Waals surface area contributed by atoms with Crippen LogP contribution < -0.4 is 15.6 Å². The first-order valence-electron chi connectivity index (χ1n) is 11.7. The molecule has 1 aliphatic heterocycles. The molecule has 5 rings (SSSR count). The number of aliphatic hydroxyl groups excluding tert-OH is 3. The lowest BCUT2D eigenvalue weighted by molar-refractivity contribution is -0.655. The summed E-state index contributed by atoms with van der Waals surface area (Å²) < 4.78 is 7.58. The molecular formula is C27H28N3O6+. The van der Waals surface area contributed by atoms with Gasteiger partial charge in [-0.2, -0.15) is 4.57 Å². The van der Waals surface area contributed by atoms with Crippen LogP contribution in [0, 0.1) is 0 Å². The van der Waals surface area contributed by atoms with Crippen LogP contribution in [-0.2, 0) is 16.1 Å². The fraction of sp³-hybridized carbons (Fsp3) is 0.259. The van der Waals surface area contributed by atoms with Gasteiger partial charge in [0.2, 0.25) is 11.2 Å². The lowest BCUT2D eigenvalue weighted by Crippen LogP contribution is -2.61. The lowest BCUT2D eigenvalue weighted by atomic mass is 9.97. The van der Waals surface area contributed by atoms with E-state index in [1.54, 1.807) is 6.07 Å². The van der Waals surface area contributed by atoms with E-state index in [9.17, 15) is 25.2 Å². The summed E-state index contributed by atoms with van der Waals surface area (Å²) in [4.78, 5) is 11.5. The molecule has 1 aliphatic rings. The standard InChI is InChI=1S/C27H27N3O6/c1-2-30-20-13-16(29-26-24(33)22(31)23(32)25(36-26)27(34)35)9-11-18(20)17-10-8-15(28)12-19(17)21(30)14-6-4-3-5-7-14/h3-13,22-26,31-33H,2,28H2,1H3,(H,34,35)/p+1/t22-,23-,24+,25-,26+/m0/s1. The number of carbonyl (C=O) groups is 1. The number of ether oxygens (including phenoxy) is 1. The minimum absolute atomic E-state index is 0.551. The minimum atomic E-state index is -1.75. The largest absolute Gasteiger partial charge is 0.479 e. The van der Waals surface area contributed by atoms with Crippen LogP contribution in [0.1, 0.15) is 6.92 Å². The number of nitrogen functional groups attached to an aromatic ring is 1. The van der Waals surface area contributed by atoms with Crippen molar-refractivity contribution in [3.05, 3.63) is 66.7 Å². The number of hydrogen-bond donors (Lipinski definition) is 6. The molecule has 9 nitrogen and oxygen atoms in total. The molecule has 0 unspecified atom stereocenters. The molecule has 36 heavy (non-hydrogen) atoms. The number of fused-ring (bicyclic) bond motifs is 3. The van der Waals surface area contributed by atoms with Gasteiger partial charge in [-0.1, -0.05) is 24.3 Å². The molecular weight excluding hydrogens is 462 g/mol. The van der Waals surface area contributed by atoms with Crippen LogP contribution >= 0.6 is 0 Å². The normalized spacial score (nSPS) is 24.2. The summed E-state index contributed by atoms with van der Waals surface area (Å²) >= 11 is 0. The number of carboxylic acid groups (broad SMARTS) is 1. The maximum absolute atomic E-state index is 11.5. The van der Waals surface area contributed by atoms with Gasteiger partial charge in [-0.15, -0.1) is 0 Å². The molecule has 1 saturated heterocycles. The van der Waals surface area contributed by atoms with E-state index in [1.807, 2.05) is 67.6 Å². The Hall–Kier alpha value is -3.76. The molecule has 186 valence electrons. The Morgan fingerprint density at radius 3 is 2.36 bits per heavy atom. The summed E-state index contributed by atoms with van der Waals surface area (Å²) in [7, 11) is 0. The maximum Gasteiger partial charge on any atom is 0.335 e. The van der Waals surface area contributed by atoms with Crippen molar-refractivity contribution in [1.82, 2.24) is 0 Å². The molecule has 4 aromatic rings. The number of aryl methyl sites for hydroxylation is 1. The smallest absolute Gasteiger partial charge is 0.335 e. The highest BCUT2D eigenvalue weighted by Crippen LogP contribution is 2.34. The zero-order chi connectivity index (χ0) is 25.6. The number of pyridine rings is 1. The molecule has 0 bridgehead atoms. The highest BCUT2D eigenvalue weighted by Gasteiger charge is 2.47. The van der Waals surface area contributed by atoms with Crippen LogP contribution in [0.4, 0.5) is 11.4 Å². The molecule has 1 fully saturated rings. The lowest BCUT2D eigenvalue weighted by Gasteiger charge is -2.39. The molecule has 0 radical (unpaired) electrons. The SMILES string of the molecule is CC[n+]1c(-c2ccccc2)c2cc(N)ccc2c2ccc(N[C@@H]3O[C@H](C(=O)O)[C@@H](O)[C@H](O)[C@H]3O)cc21. The third-order valence-electron chi connectivity index (χ3n) is 6.68. The van der Waals surface area contributed by atoms with Gasteiger partial charge in [0.15, 0.2) is 12.3 Å². The van der Waals surface area contributed by atoms with Gasteiger partial charge >= 0.3 is 5.97 Å². The minimum Gasteiger partial charge on any atom is -0.479 e. The topological polar surface area (TPSA) is 149 Å². The summed E-state index contributed by atoms with van der Waals surface area (Å²) in [5.41, 5.74) is 10.3. The molecule has 0 saturated carbocycles. The van der Waals surface area contributed by atoms with E-state index >= 15 is 0 Å². The number of anilines is 2. The number of aromatic nitrogens is 1. The second-order valence-electron chi connectivity index (χ2n) is 8.93. The number of nitrogens with two attached hydrogens (primary N) is 1. The van der Waals surface area contributed by atoms with Crippen molar-refractivity contribution in [2.45, 2.75) is 44.1 Å². The van der Waals surface area contributed by atoms with Gasteiger partial charge < -0.3 is 36.2 Å². The number of benzene rings is 3. The van der Waals surface area contributed by atoms with Crippen LogP contribution in [0.5, 0.6) is 0 Å². The van der Waals surface area contributed by atoms with Crippen molar-refractivity contribution in [3.63, 3.8) is 0 Å². The highest BCUT2D eigenvalue weighted by molar-refractivity contribution is 6.10. The average Bonchev–Trinajstić information content (AvgIpc) is 2.88. The Morgan fingerprint density at radius 1 is 0.944 bits per heavy atom. The van der Waals surface area contributed by atoms with Crippen molar-refractivity contribution >= 4 is 39.0 Å². The third kappa shape index (κ3) is 4.02. The molecule has 9 heteroatoms. The van der Waals surface area contributed by atoms with Crippen LogP contribution in [0.2, 0.25) is 0 Å². The number of hydrogen-bond acceptors (Lipinski definition) is 7.